The Morgan fingerprint density at radius 3 is 2.79 bits per heavy atom. The number of rotatable bonds is 1. The van der Waals surface area contributed by atoms with E-state index < -0.39 is 0 Å². The van der Waals surface area contributed by atoms with E-state index in [9.17, 15) is 4.39 Å². The van der Waals surface area contributed by atoms with Crippen molar-refractivity contribution in [2.24, 2.45) is 0 Å². The van der Waals surface area contributed by atoms with E-state index in [-0.39, 0.29) is 5.82 Å². The van der Waals surface area contributed by atoms with Crippen LogP contribution in [0.2, 0.25) is 0 Å². The third-order valence-corrected chi connectivity index (χ3v) is 3.28. The summed E-state index contributed by atoms with van der Waals surface area (Å²) in [5.74, 6) is -0.158. The Balaban J connectivity index is 2.45. The van der Waals surface area contributed by atoms with Crippen molar-refractivity contribution in [3.8, 4) is 0 Å². The average Bonchev–Trinajstić information content (AvgIpc) is 2.48. The van der Waals surface area contributed by atoms with Gasteiger partial charge in [0, 0.05) is 18.3 Å². The second kappa shape index (κ2) is 3.54. The third kappa shape index (κ3) is 1.54. The van der Waals surface area contributed by atoms with Crippen LogP contribution in [-0.2, 0) is 6.42 Å². The van der Waals surface area contributed by atoms with Crippen molar-refractivity contribution < 1.29 is 4.39 Å². The van der Waals surface area contributed by atoms with Gasteiger partial charge in [0.05, 0.1) is 4.47 Å². The van der Waals surface area contributed by atoms with Crippen LogP contribution in [0.25, 0.3) is 0 Å². The number of benzene rings is 1. The van der Waals surface area contributed by atoms with Gasteiger partial charge in [-0.15, -0.1) is 0 Å². The van der Waals surface area contributed by atoms with E-state index in [0.717, 1.165) is 18.5 Å². The molecule has 14 heavy (non-hydrogen) atoms. The van der Waals surface area contributed by atoms with Crippen molar-refractivity contribution in [2.45, 2.75) is 26.3 Å². The molecule has 0 atom stereocenters. The number of hydrogen-bond acceptors (Lipinski definition) is 1. The molecule has 3 heteroatoms. The molecule has 1 nitrogen and oxygen atoms in total. The third-order valence-electron chi connectivity index (χ3n) is 2.68. The highest BCUT2D eigenvalue weighted by Gasteiger charge is 2.22. The summed E-state index contributed by atoms with van der Waals surface area (Å²) < 4.78 is 13.8. The standard InChI is InChI=1S/C11H13BrFN/c1-7(2)14-4-3-8-5-10(13)9(12)6-11(8)14/h5-7H,3-4H2,1-2H3. The summed E-state index contributed by atoms with van der Waals surface area (Å²) in [5, 5.41) is 0. The fourth-order valence-corrected chi connectivity index (χ4v) is 2.27. The Kier molecular flexibility index (Phi) is 2.52. The molecular weight excluding hydrogens is 245 g/mol. The lowest BCUT2D eigenvalue weighted by Crippen LogP contribution is -2.28. The van der Waals surface area contributed by atoms with Crippen LogP contribution in [-0.4, -0.2) is 12.6 Å². The molecule has 0 spiro atoms. The molecule has 1 heterocycles. The molecule has 0 aliphatic carbocycles. The molecule has 0 saturated heterocycles. The van der Waals surface area contributed by atoms with Crippen molar-refractivity contribution in [3.05, 3.63) is 28.0 Å². The van der Waals surface area contributed by atoms with Gasteiger partial charge >= 0.3 is 0 Å². The summed E-state index contributed by atoms with van der Waals surface area (Å²) in [4.78, 5) is 2.31. The Morgan fingerprint density at radius 2 is 2.14 bits per heavy atom. The highest BCUT2D eigenvalue weighted by molar-refractivity contribution is 9.10. The van der Waals surface area contributed by atoms with Crippen molar-refractivity contribution in [1.82, 2.24) is 0 Å². The molecule has 1 aliphatic rings. The first-order valence-electron chi connectivity index (χ1n) is 4.84. The highest BCUT2D eigenvalue weighted by atomic mass is 79.9. The topological polar surface area (TPSA) is 3.24 Å². The Labute approximate surface area is 92.0 Å². The summed E-state index contributed by atoms with van der Waals surface area (Å²) in [6.45, 7) is 5.32. The van der Waals surface area contributed by atoms with Crippen LogP contribution in [0.15, 0.2) is 16.6 Å². The Morgan fingerprint density at radius 1 is 1.43 bits per heavy atom. The van der Waals surface area contributed by atoms with Gasteiger partial charge < -0.3 is 4.90 Å². The highest BCUT2D eigenvalue weighted by Crippen LogP contribution is 2.33. The molecule has 0 bridgehead atoms. The van der Waals surface area contributed by atoms with Gasteiger partial charge in [-0.3, -0.25) is 0 Å². The van der Waals surface area contributed by atoms with Crippen LogP contribution < -0.4 is 4.90 Å². The monoisotopic (exact) mass is 257 g/mol. The summed E-state index contributed by atoms with van der Waals surface area (Å²) in [6.07, 6.45) is 0.956. The molecule has 0 N–H and O–H groups in total. The predicted molar refractivity (Wildman–Crippen MR) is 60.3 cm³/mol. The SMILES string of the molecule is CC(C)N1CCc2cc(F)c(Br)cc21. The van der Waals surface area contributed by atoms with Gasteiger partial charge in [-0.05, 0) is 53.9 Å². The molecule has 0 fully saturated rings. The minimum atomic E-state index is -0.158. The fraction of sp³-hybridized carbons (Fsp3) is 0.455. The van der Waals surface area contributed by atoms with Gasteiger partial charge in [0.15, 0.2) is 0 Å². The van der Waals surface area contributed by atoms with E-state index in [4.69, 9.17) is 0 Å². The van der Waals surface area contributed by atoms with E-state index in [2.05, 4.69) is 34.7 Å². The van der Waals surface area contributed by atoms with Gasteiger partial charge in [-0.1, -0.05) is 0 Å². The minimum absolute atomic E-state index is 0.158. The molecule has 1 aromatic carbocycles. The number of hydrogen-bond donors (Lipinski definition) is 0. The molecular formula is C11H13BrFN. The molecule has 0 saturated carbocycles. The lowest BCUT2D eigenvalue weighted by atomic mass is 10.1. The lowest BCUT2D eigenvalue weighted by Gasteiger charge is -2.24. The molecule has 0 amide bonds. The largest absolute Gasteiger partial charge is 0.369 e. The first kappa shape index (κ1) is 9.97. The number of halogens is 2. The predicted octanol–water partition coefficient (Wildman–Crippen LogP) is 3.36. The Hall–Kier alpha value is -0.570. The normalized spacial score (nSPS) is 15.1. The summed E-state index contributed by atoms with van der Waals surface area (Å²) in [5.41, 5.74) is 2.30. The van der Waals surface area contributed by atoms with E-state index in [1.165, 1.54) is 5.69 Å². The molecule has 76 valence electrons. The van der Waals surface area contributed by atoms with Gasteiger partial charge in [0.25, 0.3) is 0 Å². The summed E-state index contributed by atoms with van der Waals surface area (Å²) in [6, 6.07) is 4.01. The van der Waals surface area contributed by atoms with E-state index in [1.807, 2.05) is 6.07 Å². The maximum Gasteiger partial charge on any atom is 0.137 e. The van der Waals surface area contributed by atoms with E-state index in [0.29, 0.717) is 10.5 Å². The lowest BCUT2D eigenvalue weighted by molar-refractivity contribution is 0.620. The molecule has 0 unspecified atom stereocenters. The first-order valence-corrected chi connectivity index (χ1v) is 5.63. The van der Waals surface area contributed by atoms with E-state index >= 15 is 0 Å². The van der Waals surface area contributed by atoms with Gasteiger partial charge in [-0.25, -0.2) is 4.39 Å². The number of anilines is 1. The fourth-order valence-electron chi connectivity index (χ4n) is 1.94. The average molecular weight is 258 g/mol. The van der Waals surface area contributed by atoms with Crippen molar-refractivity contribution in [1.29, 1.82) is 0 Å². The molecule has 0 aromatic heterocycles. The maximum absolute atomic E-state index is 13.2. The zero-order valence-corrected chi connectivity index (χ0v) is 9.94. The van der Waals surface area contributed by atoms with Crippen LogP contribution in [0.1, 0.15) is 19.4 Å². The zero-order chi connectivity index (χ0) is 10.3. The minimum Gasteiger partial charge on any atom is -0.369 e. The molecule has 1 aromatic rings. The van der Waals surface area contributed by atoms with Crippen molar-refractivity contribution >= 4 is 21.6 Å². The van der Waals surface area contributed by atoms with Crippen molar-refractivity contribution in [2.75, 3.05) is 11.4 Å². The van der Waals surface area contributed by atoms with Gasteiger partial charge in [0.2, 0.25) is 0 Å². The molecule has 1 aliphatic heterocycles. The van der Waals surface area contributed by atoms with Crippen LogP contribution in [0.4, 0.5) is 10.1 Å². The van der Waals surface area contributed by atoms with Crippen molar-refractivity contribution in [3.63, 3.8) is 0 Å². The number of nitrogens with zero attached hydrogens (tertiary/aromatic N) is 1. The van der Waals surface area contributed by atoms with Crippen LogP contribution in [0, 0.1) is 5.82 Å². The van der Waals surface area contributed by atoms with Gasteiger partial charge in [-0.2, -0.15) is 0 Å². The zero-order valence-electron chi connectivity index (χ0n) is 8.35. The smallest absolute Gasteiger partial charge is 0.137 e. The van der Waals surface area contributed by atoms with Crippen LogP contribution >= 0.6 is 15.9 Å². The van der Waals surface area contributed by atoms with Gasteiger partial charge in [0.1, 0.15) is 5.82 Å². The first-order chi connectivity index (χ1) is 6.59. The summed E-state index contributed by atoms with van der Waals surface area (Å²) >= 11 is 3.22. The van der Waals surface area contributed by atoms with E-state index in [1.54, 1.807) is 6.07 Å². The van der Waals surface area contributed by atoms with Crippen LogP contribution in [0.5, 0.6) is 0 Å². The second-order valence-corrected chi connectivity index (χ2v) is 4.79. The second-order valence-electron chi connectivity index (χ2n) is 3.93. The van der Waals surface area contributed by atoms with Crippen LogP contribution in [0.3, 0.4) is 0 Å². The molecule has 2 rings (SSSR count). The Bertz CT molecular complexity index is 363. The summed E-state index contributed by atoms with van der Waals surface area (Å²) in [7, 11) is 0. The number of fused-ring (bicyclic) bond motifs is 1. The molecule has 0 radical (unpaired) electrons. The quantitative estimate of drug-likeness (QED) is 0.746. The maximum atomic E-state index is 13.2.